The molecule has 10 heteroatoms. The van der Waals surface area contributed by atoms with Gasteiger partial charge in [0.25, 0.3) is 0 Å². The third-order valence-corrected chi connectivity index (χ3v) is 7.87. The maximum atomic E-state index is 12.0. The van der Waals surface area contributed by atoms with Gasteiger partial charge in [0, 0.05) is 44.7 Å². The number of rotatable bonds is 34. The molecule has 1 unspecified atom stereocenters. The Morgan fingerprint density at radius 1 is 0.600 bits per heavy atom. The van der Waals surface area contributed by atoms with Crippen molar-refractivity contribution >= 4 is 24.9 Å². The van der Waals surface area contributed by atoms with Crippen molar-refractivity contribution in [2.24, 2.45) is 5.16 Å². The maximum Gasteiger partial charge on any atom is 0.153 e. The van der Waals surface area contributed by atoms with E-state index in [2.05, 4.69) is 17.4 Å². The fourth-order valence-corrected chi connectivity index (χ4v) is 5.04. The van der Waals surface area contributed by atoms with Crippen LogP contribution in [0.5, 0.6) is 0 Å². The number of nitrogens with one attached hydrogen (secondary N) is 1. The lowest BCUT2D eigenvalue weighted by atomic mass is 10.1. The number of hydrogen-bond donors (Lipinski definition) is 2. The van der Waals surface area contributed by atoms with Gasteiger partial charge < -0.3 is 25.9 Å². The number of oxime groups is 1. The van der Waals surface area contributed by atoms with Crippen LogP contribution in [0.3, 0.4) is 0 Å². The quantitative estimate of drug-likeness (QED) is 0.0113. The number of hydroxylamine groups is 3. The van der Waals surface area contributed by atoms with E-state index in [9.17, 15) is 20.7 Å². The first-order chi connectivity index (χ1) is 22.0. The van der Waals surface area contributed by atoms with Crippen molar-refractivity contribution < 1.29 is 24.5 Å². The molecule has 0 amide bonds. The van der Waals surface area contributed by atoms with E-state index in [1.165, 1.54) is 25.5 Å². The Morgan fingerprint density at radius 3 is 1.53 bits per heavy atom. The van der Waals surface area contributed by atoms with Crippen molar-refractivity contribution in [1.82, 2.24) is 5.32 Å². The molecular weight excluding hydrogens is 570 g/mol. The van der Waals surface area contributed by atoms with Crippen molar-refractivity contribution in [3.8, 4) is 0 Å². The van der Waals surface area contributed by atoms with Gasteiger partial charge in [-0.25, -0.2) is 14.2 Å². The molecule has 1 atom stereocenters. The van der Waals surface area contributed by atoms with Crippen LogP contribution in [-0.4, -0.2) is 76.7 Å². The third-order valence-electron chi connectivity index (χ3n) is 7.87. The summed E-state index contributed by atoms with van der Waals surface area (Å²) in [6.45, 7) is 4.51. The first-order valence-corrected chi connectivity index (χ1v) is 18.2. The third kappa shape index (κ3) is 34.4. The summed E-state index contributed by atoms with van der Waals surface area (Å²) >= 11 is 0. The van der Waals surface area contributed by atoms with Crippen LogP contribution in [0.2, 0.25) is 0 Å². The molecule has 0 aromatic carbocycles. The number of nitrogens with zero attached hydrogens (tertiary/aromatic N) is 4. The smallest absolute Gasteiger partial charge is 0.153 e. The predicted octanol–water partition coefficient (Wildman–Crippen LogP) is 7.05. The second kappa shape index (κ2) is 34.5. The minimum absolute atomic E-state index is 0.527. The SMILES string of the molecule is CCCCCC[CH+]C([O-])NCCCCCC=[N+]([O-])CCCCCCC=[N+]([O-])CCCCCCC[N+]([O-])=CCCCCCC=NO. The van der Waals surface area contributed by atoms with Crippen LogP contribution in [0.1, 0.15) is 161 Å². The molecule has 0 bridgehead atoms. The molecule has 45 heavy (non-hydrogen) atoms. The van der Waals surface area contributed by atoms with E-state index < -0.39 is 6.23 Å². The van der Waals surface area contributed by atoms with E-state index in [4.69, 9.17) is 5.21 Å². The summed E-state index contributed by atoms with van der Waals surface area (Å²) in [5.41, 5.74) is 0. The lowest BCUT2D eigenvalue weighted by molar-refractivity contribution is -0.455. The van der Waals surface area contributed by atoms with Crippen molar-refractivity contribution in [1.29, 1.82) is 0 Å². The average molecular weight is 638 g/mol. The maximum absolute atomic E-state index is 12.0. The van der Waals surface area contributed by atoms with Crippen molar-refractivity contribution in [3.63, 3.8) is 0 Å². The fraction of sp³-hybridized carbons (Fsp3) is 0.857. The van der Waals surface area contributed by atoms with Gasteiger partial charge in [0.2, 0.25) is 0 Å². The molecule has 0 rings (SSSR count). The molecule has 0 aromatic rings. The summed E-state index contributed by atoms with van der Waals surface area (Å²) in [6, 6.07) is 0. The molecule has 0 heterocycles. The van der Waals surface area contributed by atoms with Crippen molar-refractivity contribution in [2.75, 3.05) is 26.2 Å². The number of unbranched alkanes of at least 4 members (excludes halogenated alkanes) is 19. The van der Waals surface area contributed by atoms with Crippen LogP contribution in [0.4, 0.5) is 0 Å². The zero-order chi connectivity index (χ0) is 33.1. The van der Waals surface area contributed by atoms with E-state index in [1.54, 1.807) is 18.6 Å². The summed E-state index contributed by atoms with van der Waals surface area (Å²) in [5.74, 6) is 0. The van der Waals surface area contributed by atoms with Gasteiger partial charge in [-0.05, 0) is 77.2 Å². The standard InChI is InChI=1S/C35H67N5O5/c1-2-3-4-8-17-26-35(41)36-27-18-10-16-25-34-40(45)33-24-15-7-14-23-32-39(44)31-22-13-6-12-21-30-38(43)29-20-11-5-9-19-28-37-42/h26,28-29,32,34-36,42H,2-25,27,30-31,33H2,1H3. The average Bonchev–Trinajstić information content (AvgIpc) is 3.02. The highest BCUT2D eigenvalue weighted by molar-refractivity contribution is 5.56. The summed E-state index contributed by atoms with van der Waals surface area (Å²) < 4.78 is 3.16. The van der Waals surface area contributed by atoms with Gasteiger partial charge in [-0.15, -0.1) is 5.16 Å². The molecule has 0 aliphatic heterocycles. The Balaban J connectivity index is 3.54. The monoisotopic (exact) mass is 638 g/mol. The Kier molecular flexibility index (Phi) is 32.8. The molecule has 10 nitrogen and oxygen atoms in total. The first kappa shape index (κ1) is 42.7. The van der Waals surface area contributed by atoms with Crippen LogP contribution in [0.15, 0.2) is 5.16 Å². The van der Waals surface area contributed by atoms with Crippen molar-refractivity contribution in [2.45, 2.75) is 167 Å². The minimum Gasteiger partial charge on any atom is -0.803 e. The van der Waals surface area contributed by atoms with Gasteiger partial charge in [-0.2, -0.15) is 0 Å². The Bertz CT molecular complexity index is 761. The van der Waals surface area contributed by atoms with Gasteiger partial charge >= 0.3 is 0 Å². The van der Waals surface area contributed by atoms with E-state index >= 15 is 0 Å². The van der Waals surface area contributed by atoms with Crippen LogP contribution in [0.25, 0.3) is 0 Å². The molecule has 0 aliphatic carbocycles. The molecule has 0 radical (unpaired) electrons. The largest absolute Gasteiger partial charge is 0.803 e. The van der Waals surface area contributed by atoms with Gasteiger partial charge in [-0.3, -0.25) is 5.32 Å². The first-order valence-electron chi connectivity index (χ1n) is 18.2. The molecule has 2 N–H and O–H groups in total. The van der Waals surface area contributed by atoms with E-state index in [0.29, 0.717) is 19.6 Å². The summed E-state index contributed by atoms with van der Waals surface area (Å²) in [5, 5.41) is 62.0. The highest BCUT2D eigenvalue weighted by atomic mass is 16.5. The highest BCUT2D eigenvalue weighted by Gasteiger charge is 2.04. The zero-order valence-corrected chi connectivity index (χ0v) is 28.6. The summed E-state index contributed by atoms with van der Waals surface area (Å²) in [4.78, 5) is 0. The Morgan fingerprint density at radius 2 is 1.02 bits per heavy atom. The van der Waals surface area contributed by atoms with Crippen molar-refractivity contribution in [3.05, 3.63) is 22.0 Å². The molecule has 0 aliphatic rings. The molecule has 0 saturated carbocycles. The van der Waals surface area contributed by atoms with Gasteiger partial charge in [0.05, 0.1) is 19.1 Å². The predicted molar refractivity (Wildman–Crippen MR) is 187 cm³/mol. The fourth-order valence-electron chi connectivity index (χ4n) is 5.04. The Hall–Kier alpha value is -2.33. The lowest BCUT2D eigenvalue weighted by Gasteiger charge is -2.15. The molecule has 0 saturated heterocycles. The summed E-state index contributed by atoms with van der Waals surface area (Å²) in [6.07, 6.45) is 31.2. The van der Waals surface area contributed by atoms with Crippen LogP contribution < -0.4 is 10.4 Å². The van der Waals surface area contributed by atoms with E-state index in [0.717, 1.165) is 156 Å². The van der Waals surface area contributed by atoms with Gasteiger partial charge in [-0.1, -0.05) is 45.4 Å². The molecule has 0 spiro atoms. The van der Waals surface area contributed by atoms with Crippen LogP contribution in [0, 0.1) is 22.0 Å². The van der Waals surface area contributed by atoms with Gasteiger partial charge in [0.1, 0.15) is 0 Å². The Labute approximate surface area is 275 Å². The zero-order valence-electron chi connectivity index (χ0n) is 28.6. The lowest BCUT2D eigenvalue weighted by Crippen LogP contribution is -2.41. The highest BCUT2D eigenvalue weighted by Crippen LogP contribution is 2.07. The second-order valence-corrected chi connectivity index (χ2v) is 12.2. The molecule has 262 valence electrons. The minimum atomic E-state index is -0.764. The molecule has 0 aromatic heterocycles. The van der Waals surface area contributed by atoms with Crippen LogP contribution in [-0.2, 0) is 0 Å². The normalized spacial score (nSPS) is 13.6. The molecular formula is C35H67N5O5. The molecule has 0 fully saturated rings. The second-order valence-electron chi connectivity index (χ2n) is 12.2. The van der Waals surface area contributed by atoms with E-state index in [-0.39, 0.29) is 0 Å². The van der Waals surface area contributed by atoms with Gasteiger partial charge in [0.15, 0.2) is 38.3 Å². The topological polar surface area (TPSA) is 146 Å². The van der Waals surface area contributed by atoms with Crippen LogP contribution >= 0.6 is 0 Å². The number of hydrogen-bond acceptors (Lipinski definition) is 7. The van der Waals surface area contributed by atoms with E-state index in [1.807, 2.05) is 6.42 Å². The summed E-state index contributed by atoms with van der Waals surface area (Å²) in [7, 11) is 0.